The van der Waals surface area contributed by atoms with Crippen molar-refractivity contribution in [2.45, 2.75) is 39.7 Å². The third kappa shape index (κ3) is 2.49. The Hall–Kier alpha value is -1.52. The number of aromatic amines is 1. The Morgan fingerprint density at radius 3 is 2.40 bits per heavy atom. The van der Waals surface area contributed by atoms with Gasteiger partial charge in [-0.2, -0.15) is 5.10 Å². The highest BCUT2D eigenvalue weighted by Crippen LogP contribution is 2.21. The second-order valence-electron chi connectivity index (χ2n) is 4.18. The lowest BCUT2D eigenvalue weighted by Gasteiger charge is -2.07. The maximum Gasteiger partial charge on any atom is 0.274 e. The van der Waals surface area contributed by atoms with Crippen molar-refractivity contribution in [3.63, 3.8) is 0 Å². The van der Waals surface area contributed by atoms with Crippen molar-refractivity contribution >= 4 is 11.6 Å². The molecule has 0 aromatic carbocycles. The zero-order valence-corrected chi connectivity index (χ0v) is 9.59. The van der Waals surface area contributed by atoms with Gasteiger partial charge in [-0.1, -0.05) is 13.8 Å². The summed E-state index contributed by atoms with van der Waals surface area (Å²) in [6, 6.07) is 0.0797. The van der Waals surface area contributed by atoms with Crippen molar-refractivity contribution in [2.75, 3.05) is 5.73 Å². The first-order valence-corrected chi connectivity index (χ1v) is 5.08. The fourth-order valence-electron chi connectivity index (χ4n) is 1.31. The molecule has 15 heavy (non-hydrogen) atoms. The van der Waals surface area contributed by atoms with E-state index in [0.717, 1.165) is 5.69 Å². The van der Waals surface area contributed by atoms with Crippen LogP contribution in [-0.4, -0.2) is 22.1 Å². The van der Waals surface area contributed by atoms with E-state index in [4.69, 9.17) is 5.73 Å². The molecule has 1 aromatic rings. The Balaban J connectivity index is 2.91. The summed E-state index contributed by atoms with van der Waals surface area (Å²) >= 11 is 0. The number of carbonyl (C=O) groups excluding carboxylic acids is 1. The quantitative estimate of drug-likeness (QED) is 0.702. The Morgan fingerprint density at radius 1 is 1.40 bits per heavy atom. The van der Waals surface area contributed by atoms with Gasteiger partial charge in [0.25, 0.3) is 5.91 Å². The number of hydrogen-bond donors (Lipinski definition) is 3. The highest BCUT2D eigenvalue weighted by atomic mass is 16.2. The molecule has 0 spiro atoms. The molecule has 1 rings (SSSR count). The number of aromatic nitrogens is 2. The fraction of sp³-hybridized carbons (Fsp3) is 0.600. The van der Waals surface area contributed by atoms with E-state index in [1.165, 1.54) is 0 Å². The summed E-state index contributed by atoms with van der Waals surface area (Å²) in [5, 5.41) is 9.47. The molecule has 1 heterocycles. The predicted molar refractivity (Wildman–Crippen MR) is 59.7 cm³/mol. The van der Waals surface area contributed by atoms with Crippen LogP contribution in [-0.2, 0) is 0 Å². The van der Waals surface area contributed by atoms with E-state index in [1.54, 1.807) is 0 Å². The maximum atomic E-state index is 11.6. The highest BCUT2D eigenvalue weighted by molar-refractivity contribution is 5.97. The molecular weight excluding hydrogens is 192 g/mol. The minimum Gasteiger partial charge on any atom is -0.395 e. The van der Waals surface area contributed by atoms with Crippen LogP contribution < -0.4 is 11.1 Å². The number of hydrogen-bond acceptors (Lipinski definition) is 3. The molecule has 0 aliphatic heterocycles. The largest absolute Gasteiger partial charge is 0.395 e. The lowest BCUT2D eigenvalue weighted by Crippen LogP contribution is -2.30. The Labute approximate surface area is 89.4 Å². The number of nitrogens with zero attached hydrogens (tertiary/aromatic N) is 1. The zero-order chi connectivity index (χ0) is 11.6. The second-order valence-corrected chi connectivity index (χ2v) is 4.18. The molecule has 0 unspecified atom stereocenters. The molecule has 0 radical (unpaired) electrons. The molecule has 1 aromatic heterocycles. The standard InChI is InChI=1S/C10H18N4O/c1-5(2)8-7(11)9(14-13-8)10(15)12-6(3)4/h5-6H,11H2,1-4H3,(H,12,15)(H,13,14). The number of nitrogen functional groups attached to an aromatic ring is 1. The summed E-state index contributed by atoms with van der Waals surface area (Å²) in [6.07, 6.45) is 0. The first-order chi connectivity index (χ1) is 6.93. The van der Waals surface area contributed by atoms with Crippen LogP contribution in [0.2, 0.25) is 0 Å². The van der Waals surface area contributed by atoms with Crippen LogP contribution in [0, 0.1) is 0 Å². The minimum atomic E-state index is -0.231. The molecule has 0 saturated carbocycles. The van der Waals surface area contributed by atoms with Crippen molar-refractivity contribution in [2.24, 2.45) is 0 Å². The second kappa shape index (κ2) is 4.33. The molecule has 0 aliphatic rings. The molecule has 1 amide bonds. The normalized spacial score (nSPS) is 11.1. The van der Waals surface area contributed by atoms with E-state index in [-0.39, 0.29) is 23.6 Å². The van der Waals surface area contributed by atoms with E-state index >= 15 is 0 Å². The Bertz CT molecular complexity index is 354. The van der Waals surface area contributed by atoms with Gasteiger partial charge in [0.2, 0.25) is 0 Å². The van der Waals surface area contributed by atoms with Crippen LogP contribution in [0.1, 0.15) is 49.8 Å². The molecule has 0 atom stereocenters. The number of amides is 1. The van der Waals surface area contributed by atoms with Crippen LogP contribution >= 0.6 is 0 Å². The summed E-state index contributed by atoms with van der Waals surface area (Å²) in [7, 11) is 0. The molecule has 0 bridgehead atoms. The van der Waals surface area contributed by atoms with Crippen LogP contribution in [0.15, 0.2) is 0 Å². The maximum absolute atomic E-state index is 11.6. The Kier molecular flexibility index (Phi) is 3.34. The molecule has 5 heteroatoms. The summed E-state index contributed by atoms with van der Waals surface area (Å²) < 4.78 is 0. The third-order valence-corrected chi connectivity index (χ3v) is 2.05. The Morgan fingerprint density at radius 2 is 2.00 bits per heavy atom. The first kappa shape index (κ1) is 11.6. The first-order valence-electron chi connectivity index (χ1n) is 5.08. The monoisotopic (exact) mass is 210 g/mol. The predicted octanol–water partition coefficient (Wildman–Crippen LogP) is 1.25. The smallest absolute Gasteiger partial charge is 0.274 e. The molecule has 0 fully saturated rings. The lowest BCUT2D eigenvalue weighted by molar-refractivity contribution is 0.0939. The summed E-state index contributed by atoms with van der Waals surface area (Å²) in [4.78, 5) is 11.6. The number of H-pyrrole nitrogens is 1. The summed E-state index contributed by atoms with van der Waals surface area (Å²) in [5.41, 5.74) is 7.37. The molecule has 0 saturated heterocycles. The van der Waals surface area contributed by atoms with Gasteiger partial charge in [0.15, 0.2) is 5.69 Å². The van der Waals surface area contributed by atoms with E-state index in [0.29, 0.717) is 5.69 Å². The van der Waals surface area contributed by atoms with Gasteiger partial charge in [-0.05, 0) is 19.8 Å². The van der Waals surface area contributed by atoms with E-state index in [9.17, 15) is 4.79 Å². The van der Waals surface area contributed by atoms with Crippen LogP contribution in [0.4, 0.5) is 5.69 Å². The lowest BCUT2D eigenvalue weighted by atomic mass is 10.1. The average Bonchev–Trinajstić information content (AvgIpc) is 2.45. The fourth-order valence-corrected chi connectivity index (χ4v) is 1.31. The van der Waals surface area contributed by atoms with Crippen molar-refractivity contribution in [1.29, 1.82) is 0 Å². The number of anilines is 1. The van der Waals surface area contributed by atoms with Crippen molar-refractivity contribution < 1.29 is 4.79 Å². The van der Waals surface area contributed by atoms with E-state index in [1.807, 2.05) is 27.7 Å². The molecule has 4 N–H and O–H groups in total. The van der Waals surface area contributed by atoms with Gasteiger partial charge in [0, 0.05) is 6.04 Å². The number of rotatable bonds is 3. The SMILES string of the molecule is CC(C)NC(=O)c1n[nH]c(C(C)C)c1N. The van der Waals surface area contributed by atoms with E-state index in [2.05, 4.69) is 15.5 Å². The van der Waals surface area contributed by atoms with Gasteiger partial charge in [0.05, 0.1) is 11.4 Å². The van der Waals surface area contributed by atoms with Crippen LogP contribution in [0.5, 0.6) is 0 Å². The zero-order valence-electron chi connectivity index (χ0n) is 9.59. The van der Waals surface area contributed by atoms with Gasteiger partial charge in [0.1, 0.15) is 0 Å². The van der Waals surface area contributed by atoms with Crippen LogP contribution in [0.3, 0.4) is 0 Å². The highest BCUT2D eigenvalue weighted by Gasteiger charge is 2.18. The van der Waals surface area contributed by atoms with E-state index < -0.39 is 0 Å². The average molecular weight is 210 g/mol. The van der Waals surface area contributed by atoms with Crippen molar-refractivity contribution in [3.8, 4) is 0 Å². The molecule has 5 nitrogen and oxygen atoms in total. The van der Waals surface area contributed by atoms with Gasteiger partial charge in [-0.25, -0.2) is 0 Å². The minimum absolute atomic E-state index is 0.0797. The third-order valence-electron chi connectivity index (χ3n) is 2.05. The number of carbonyl (C=O) groups is 1. The summed E-state index contributed by atoms with van der Waals surface area (Å²) in [5.74, 6) is 0.00347. The summed E-state index contributed by atoms with van der Waals surface area (Å²) in [6.45, 7) is 7.77. The van der Waals surface area contributed by atoms with Crippen LogP contribution in [0.25, 0.3) is 0 Å². The number of nitrogens with one attached hydrogen (secondary N) is 2. The van der Waals surface area contributed by atoms with Gasteiger partial charge < -0.3 is 11.1 Å². The van der Waals surface area contributed by atoms with Crippen molar-refractivity contribution in [1.82, 2.24) is 15.5 Å². The van der Waals surface area contributed by atoms with Gasteiger partial charge in [-0.3, -0.25) is 9.89 Å². The van der Waals surface area contributed by atoms with Gasteiger partial charge in [-0.15, -0.1) is 0 Å². The van der Waals surface area contributed by atoms with Crippen molar-refractivity contribution in [3.05, 3.63) is 11.4 Å². The molecular formula is C10H18N4O. The molecule has 84 valence electrons. The molecule has 0 aliphatic carbocycles. The van der Waals surface area contributed by atoms with Gasteiger partial charge >= 0.3 is 0 Å². The topological polar surface area (TPSA) is 83.8 Å². The number of nitrogens with two attached hydrogens (primary N) is 1.